The Balaban J connectivity index is 3.81. The van der Waals surface area contributed by atoms with E-state index in [0.717, 1.165) is 11.8 Å². The molecule has 0 heterocycles. The molecule has 2 heteroatoms. The zero-order chi connectivity index (χ0) is 8.31. The van der Waals surface area contributed by atoms with E-state index >= 15 is 0 Å². The van der Waals surface area contributed by atoms with Gasteiger partial charge in [-0.15, -0.1) is 0 Å². The molecular formula is C8H16Br2. The summed E-state index contributed by atoms with van der Waals surface area (Å²) in [6, 6.07) is 0. The molecule has 62 valence electrons. The Morgan fingerprint density at radius 2 is 0.900 bits per heavy atom. The molecule has 0 saturated heterocycles. The van der Waals surface area contributed by atoms with Crippen LogP contribution in [0.15, 0.2) is 0 Å². The van der Waals surface area contributed by atoms with Crippen molar-refractivity contribution in [2.24, 2.45) is 11.8 Å². The zero-order valence-corrected chi connectivity index (χ0v) is 10.2. The summed E-state index contributed by atoms with van der Waals surface area (Å²) < 4.78 is 0. The third kappa shape index (κ3) is 3.38. The molecule has 0 nitrogen and oxygen atoms in total. The molecule has 10 heavy (non-hydrogen) atoms. The van der Waals surface area contributed by atoms with E-state index in [4.69, 9.17) is 0 Å². The second-order valence-electron chi connectivity index (χ2n) is 3.07. The van der Waals surface area contributed by atoms with Gasteiger partial charge in [-0.05, 0) is 11.8 Å². The first-order valence-electron chi connectivity index (χ1n) is 3.75. The van der Waals surface area contributed by atoms with Crippen LogP contribution in [0.5, 0.6) is 0 Å². The fourth-order valence-electron chi connectivity index (χ4n) is 0.837. The van der Waals surface area contributed by atoms with E-state index in [-0.39, 0.29) is 0 Å². The van der Waals surface area contributed by atoms with Gasteiger partial charge in [0.25, 0.3) is 0 Å². The second kappa shape index (κ2) is 4.76. The maximum Gasteiger partial charge on any atom is 0.0146 e. The highest BCUT2D eigenvalue weighted by Crippen LogP contribution is 2.26. The lowest BCUT2D eigenvalue weighted by molar-refractivity contribution is 0.390. The highest BCUT2D eigenvalue weighted by molar-refractivity contribution is 9.09. The molecule has 4 atom stereocenters. The minimum absolute atomic E-state index is 0.613. The molecular weight excluding hydrogens is 256 g/mol. The van der Waals surface area contributed by atoms with Crippen molar-refractivity contribution < 1.29 is 0 Å². The normalized spacial score (nSPS) is 23.4. The van der Waals surface area contributed by atoms with E-state index in [1.165, 1.54) is 0 Å². The summed E-state index contributed by atoms with van der Waals surface area (Å²) in [6.45, 7) is 8.97. The molecule has 0 aromatic rings. The molecule has 0 aliphatic rings. The predicted octanol–water partition coefficient (Wildman–Crippen LogP) is 3.83. The molecule has 0 spiro atoms. The van der Waals surface area contributed by atoms with Crippen molar-refractivity contribution in [2.45, 2.75) is 37.3 Å². The molecule has 0 rings (SSSR count). The van der Waals surface area contributed by atoms with Crippen molar-refractivity contribution in [3.05, 3.63) is 0 Å². The average molecular weight is 272 g/mol. The molecule has 0 saturated carbocycles. The van der Waals surface area contributed by atoms with Gasteiger partial charge in [0, 0.05) is 9.65 Å². The lowest BCUT2D eigenvalue weighted by Crippen LogP contribution is -2.22. The van der Waals surface area contributed by atoms with Crippen LogP contribution in [0.2, 0.25) is 0 Å². The minimum atomic E-state index is 0.613. The van der Waals surface area contributed by atoms with Crippen LogP contribution in [0.25, 0.3) is 0 Å². The van der Waals surface area contributed by atoms with Gasteiger partial charge in [-0.3, -0.25) is 0 Å². The van der Waals surface area contributed by atoms with E-state index < -0.39 is 0 Å². The van der Waals surface area contributed by atoms with Gasteiger partial charge in [0.15, 0.2) is 0 Å². The van der Waals surface area contributed by atoms with E-state index in [0.29, 0.717) is 9.65 Å². The van der Waals surface area contributed by atoms with Crippen molar-refractivity contribution in [1.29, 1.82) is 0 Å². The first-order chi connectivity index (χ1) is 4.46. The van der Waals surface area contributed by atoms with Crippen molar-refractivity contribution >= 4 is 31.9 Å². The zero-order valence-electron chi connectivity index (χ0n) is 7.07. The third-order valence-electron chi connectivity index (χ3n) is 2.28. The van der Waals surface area contributed by atoms with Crippen LogP contribution in [0.1, 0.15) is 27.7 Å². The first-order valence-corrected chi connectivity index (χ1v) is 5.58. The molecule has 0 bridgehead atoms. The molecule has 0 aromatic heterocycles. The van der Waals surface area contributed by atoms with Crippen molar-refractivity contribution in [2.75, 3.05) is 0 Å². The molecule has 0 N–H and O–H groups in total. The van der Waals surface area contributed by atoms with Gasteiger partial charge >= 0.3 is 0 Å². The van der Waals surface area contributed by atoms with Gasteiger partial charge in [0.05, 0.1) is 0 Å². The molecule has 0 aromatic carbocycles. The van der Waals surface area contributed by atoms with E-state index in [1.54, 1.807) is 0 Å². The van der Waals surface area contributed by atoms with Gasteiger partial charge in [-0.25, -0.2) is 0 Å². The summed E-state index contributed by atoms with van der Waals surface area (Å²) in [5.74, 6) is 1.46. The Labute approximate surface area is 81.0 Å². The monoisotopic (exact) mass is 270 g/mol. The molecule has 0 radical (unpaired) electrons. The van der Waals surface area contributed by atoms with Crippen molar-refractivity contribution in [3.8, 4) is 0 Å². The first kappa shape index (κ1) is 11.0. The van der Waals surface area contributed by atoms with Crippen LogP contribution in [0.3, 0.4) is 0 Å². The van der Waals surface area contributed by atoms with Gasteiger partial charge in [-0.2, -0.15) is 0 Å². The Hall–Kier alpha value is 0.960. The van der Waals surface area contributed by atoms with Crippen molar-refractivity contribution in [1.82, 2.24) is 0 Å². The summed E-state index contributed by atoms with van der Waals surface area (Å²) in [6.07, 6.45) is 0. The highest BCUT2D eigenvalue weighted by Gasteiger charge is 2.20. The molecule has 0 fully saturated rings. The lowest BCUT2D eigenvalue weighted by atomic mass is 9.91. The molecule has 0 aliphatic carbocycles. The highest BCUT2D eigenvalue weighted by atomic mass is 79.9. The SMILES string of the molecule is CC(Br)[C@@H](C)[C@H](C)[C@@H](C)Br. The van der Waals surface area contributed by atoms with Gasteiger partial charge in [0.1, 0.15) is 0 Å². The Kier molecular flexibility index (Phi) is 5.22. The van der Waals surface area contributed by atoms with E-state index in [2.05, 4.69) is 59.6 Å². The number of rotatable bonds is 3. The molecule has 1 unspecified atom stereocenters. The second-order valence-corrected chi connectivity index (χ2v) is 5.96. The smallest absolute Gasteiger partial charge is 0.0146 e. The quantitative estimate of drug-likeness (QED) is 0.685. The maximum atomic E-state index is 3.59. The largest absolute Gasteiger partial charge is 0.0891 e. The molecule has 0 amide bonds. The summed E-state index contributed by atoms with van der Waals surface area (Å²) in [7, 11) is 0. The Morgan fingerprint density at radius 1 is 0.700 bits per heavy atom. The maximum absolute atomic E-state index is 3.59. The lowest BCUT2D eigenvalue weighted by Gasteiger charge is -2.24. The van der Waals surface area contributed by atoms with Crippen LogP contribution >= 0.6 is 31.9 Å². The number of alkyl halides is 2. The van der Waals surface area contributed by atoms with Crippen LogP contribution < -0.4 is 0 Å². The van der Waals surface area contributed by atoms with Gasteiger partial charge in [0.2, 0.25) is 0 Å². The third-order valence-corrected chi connectivity index (χ3v) is 3.95. The fourth-order valence-corrected chi connectivity index (χ4v) is 1.80. The van der Waals surface area contributed by atoms with Gasteiger partial charge < -0.3 is 0 Å². The van der Waals surface area contributed by atoms with E-state index in [1.807, 2.05) is 0 Å². The van der Waals surface area contributed by atoms with Crippen LogP contribution in [0.4, 0.5) is 0 Å². The Bertz CT molecular complexity index is 77.3. The summed E-state index contributed by atoms with van der Waals surface area (Å²) >= 11 is 7.18. The standard InChI is InChI=1S/C8H16Br2/c1-5(7(3)9)6(2)8(4)10/h5-8H,1-4H3/t5-,6-,7+,8?/m0/s1. The summed E-state index contributed by atoms with van der Waals surface area (Å²) in [5, 5.41) is 0. The average Bonchev–Trinajstić information content (AvgIpc) is 1.84. The van der Waals surface area contributed by atoms with E-state index in [9.17, 15) is 0 Å². The molecule has 0 aliphatic heterocycles. The van der Waals surface area contributed by atoms with Gasteiger partial charge in [-0.1, -0.05) is 59.6 Å². The van der Waals surface area contributed by atoms with Crippen LogP contribution in [-0.2, 0) is 0 Å². The number of hydrogen-bond donors (Lipinski definition) is 0. The topological polar surface area (TPSA) is 0 Å². The predicted molar refractivity (Wildman–Crippen MR) is 55.1 cm³/mol. The van der Waals surface area contributed by atoms with Crippen LogP contribution in [-0.4, -0.2) is 9.65 Å². The Morgan fingerprint density at radius 3 is 1.00 bits per heavy atom. The summed E-state index contributed by atoms with van der Waals surface area (Å²) in [4.78, 5) is 1.23. The number of hydrogen-bond acceptors (Lipinski definition) is 0. The minimum Gasteiger partial charge on any atom is -0.0891 e. The van der Waals surface area contributed by atoms with Crippen molar-refractivity contribution in [3.63, 3.8) is 0 Å². The number of halogens is 2. The fraction of sp³-hybridized carbons (Fsp3) is 1.00. The summed E-state index contributed by atoms with van der Waals surface area (Å²) in [5.41, 5.74) is 0. The van der Waals surface area contributed by atoms with Crippen LogP contribution in [0, 0.1) is 11.8 Å².